The van der Waals surface area contributed by atoms with Crippen molar-refractivity contribution < 1.29 is 26.4 Å². The standard InChI is InChI=1S/C20H22N2O6S3/c1-4-31(26,27)15-7-5-14(6-8-15)19(23)21-20-22(11-12-28-2)17-10-9-16(30(3,24)25)13-18(17)29-20/h5-10,13H,4,11-12H2,1-3H3. The van der Waals surface area contributed by atoms with E-state index < -0.39 is 25.6 Å². The van der Waals surface area contributed by atoms with Gasteiger partial charge in [0.2, 0.25) is 0 Å². The summed E-state index contributed by atoms with van der Waals surface area (Å²) < 4.78 is 55.3. The number of hydrogen-bond donors (Lipinski definition) is 0. The van der Waals surface area contributed by atoms with Crippen LogP contribution in [0.2, 0.25) is 0 Å². The van der Waals surface area contributed by atoms with Crippen molar-refractivity contribution in [1.29, 1.82) is 0 Å². The van der Waals surface area contributed by atoms with Gasteiger partial charge >= 0.3 is 0 Å². The average molecular weight is 483 g/mol. The van der Waals surface area contributed by atoms with E-state index in [0.29, 0.717) is 22.7 Å². The van der Waals surface area contributed by atoms with Gasteiger partial charge in [0.15, 0.2) is 24.5 Å². The molecular weight excluding hydrogens is 460 g/mol. The molecule has 3 rings (SSSR count). The molecular formula is C20H22N2O6S3. The van der Waals surface area contributed by atoms with Crippen LogP contribution < -0.4 is 4.80 Å². The Labute approximate surface area is 184 Å². The van der Waals surface area contributed by atoms with E-state index in [1.807, 2.05) is 0 Å². The molecule has 1 amide bonds. The summed E-state index contributed by atoms with van der Waals surface area (Å²) in [7, 11) is -5.17. The van der Waals surface area contributed by atoms with Gasteiger partial charge in [-0.2, -0.15) is 4.99 Å². The van der Waals surface area contributed by atoms with E-state index in [2.05, 4.69) is 4.99 Å². The fourth-order valence-corrected chi connectivity index (χ4v) is 5.59. The predicted octanol–water partition coefficient (Wildman–Crippen LogP) is 2.29. The van der Waals surface area contributed by atoms with Crippen molar-refractivity contribution >= 4 is 47.1 Å². The van der Waals surface area contributed by atoms with Crippen molar-refractivity contribution in [1.82, 2.24) is 4.57 Å². The first-order valence-corrected chi connectivity index (χ1v) is 13.7. The van der Waals surface area contributed by atoms with Gasteiger partial charge in [0, 0.05) is 25.5 Å². The van der Waals surface area contributed by atoms with Crippen LogP contribution in [0.3, 0.4) is 0 Å². The highest BCUT2D eigenvalue weighted by Gasteiger charge is 2.15. The van der Waals surface area contributed by atoms with Crippen LogP contribution in [-0.2, 0) is 31.0 Å². The first-order chi connectivity index (χ1) is 14.6. The number of carbonyl (C=O) groups excluding carboxylic acids is 1. The smallest absolute Gasteiger partial charge is 0.279 e. The van der Waals surface area contributed by atoms with Crippen LogP contribution in [0, 0.1) is 0 Å². The number of methoxy groups -OCH3 is 1. The first-order valence-electron chi connectivity index (χ1n) is 9.31. The van der Waals surface area contributed by atoms with E-state index in [9.17, 15) is 21.6 Å². The van der Waals surface area contributed by atoms with E-state index in [1.54, 1.807) is 30.7 Å². The fourth-order valence-electron chi connectivity index (χ4n) is 2.89. The second kappa shape index (κ2) is 9.03. The van der Waals surface area contributed by atoms with Gasteiger partial charge in [-0.05, 0) is 42.5 Å². The summed E-state index contributed by atoms with van der Waals surface area (Å²) in [6.07, 6.45) is 1.14. The maximum atomic E-state index is 12.7. The van der Waals surface area contributed by atoms with Gasteiger partial charge in [-0.15, -0.1) is 0 Å². The van der Waals surface area contributed by atoms with Crippen LogP contribution in [0.5, 0.6) is 0 Å². The zero-order valence-corrected chi connectivity index (χ0v) is 19.7. The largest absolute Gasteiger partial charge is 0.383 e. The molecule has 1 aromatic heterocycles. The zero-order chi connectivity index (χ0) is 22.8. The van der Waals surface area contributed by atoms with Crippen molar-refractivity contribution in [3.63, 3.8) is 0 Å². The van der Waals surface area contributed by atoms with Crippen LogP contribution in [0.25, 0.3) is 10.2 Å². The molecule has 0 saturated heterocycles. The van der Waals surface area contributed by atoms with Crippen LogP contribution in [0.1, 0.15) is 17.3 Å². The Morgan fingerprint density at radius 1 is 1.06 bits per heavy atom. The SMILES string of the molecule is CCS(=O)(=O)c1ccc(C(=O)N=c2sc3cc(S(C)(=O)=O)ccc3n2CCOC)cc1. The monoisotopic (exact) mass is 482 g/mol. The molecule has 0 unspecified atom stereocenters. The number of thiazole rings is 1. The molecule has 2 aromatic carbocycles. The molecule has 0 aliphatic carbocycles. The van der Waals surface area contributed by atoms with Gasteiger partial charge < -0.3 is 9.30 Å². The van der Waals surface area contributed by atoms with Gasteiger partial charge in [-0.25, -0.2) is 16.8 Å². The van der Waals surface area contributed by atoms with Crippen LogP contribution >= 0.6 is 11.3 Å². The number of hydrogen-bond acceptors (Lipinski definition) is 7. The summed E-state index contributed by atoms with van der Waals surface area (Å²) in [5, 5.41) is 0. The van der Waals surface area contributed by atoms with Crippen molar-refractivity contribution in [3.8, 4) is 0 Å². The van der Waals surface area contributed by atoms with Crippen LogP contribution in [-0.4, -0.2) is 53.0 Å². The van der Waals surface area contributed by atoms with E-state index in [1.165, 1.54) is 41.7 Å². The van der Waals surface area contributed by atoms with E-state index >= 15 is 0 Å². The predicted molar refractivity (Wildman–Crippen MR) is 119 cm³/mol. The number of nitrogens with zero attached hydrogens (tertiary/aromatic N) is 2. The highest BCUT2D eigenvalue weighted by atomic mass is 32.2. The Kier molecular flexibility index (Phi) is 6.79. The second-order valence-corrected chi connectivity index (χ2v) is 12.1. The van der Waals surface area contributed by atoms with E-state index in [-0.39, 0.29) is 21.1 Å². The Hall–Kier alpha value is -2.34. The third-order valence-electron chi connectivity index (χ3n) is 4.64. The lowest BCUT2D eigenvalue weighted by atomic mass is 10.2. The van der Waals surface area contributed by atoms with Crippen LogP contribution in [0.4, 0.5) is 0 Å². The van der Waals surface area contributed by atoms with E-state index in [4.69, 9.17) is 4.74 Å². The molecule has 0 N–H and O–H groups in total. The van der Waals surface area contributed by atoms with Crippen LogP contribution in [0.15, 0.2) is 57.2 Å². The summed E-state index contributed by atoms with van der Waals surface area (Å²) in [6, 6.07) is 10.4. The molecule has 8 nitrogen and oxygen atoms in total. The number of sulfone groups is 2. The lowest BCUT2D eigenvalue weighted by Crippen LogP contribution is -2.19. The van der Waals surface area contributed by atoms with Gasteiger partial charge in [0.25, 0.3) is 5.91 Å². The molecule has 1 heterocycles. The third kappa shape index (κ3) is 5.12. The first kappa shape index (κ1) is 23.3. The summed E-state index contributed by atoms with van der Waals surface area (Å²) >= 11 is 1.20. The molecule has 31 heavy (non-hydrogen) atoms. The van der Waals surface area contributed by atoms with Crippen molar-refractivity contribution in [2.24, 2.45) is 4.99 Å². The molecule has 0 spiro atoms. The molecule has 0 aliphatic heterocycles. The van der Waals surface area contributed by atoms with Gasteiger partial charge in [0.1, 0.15) is 0 Å². The molecule has 0 bridgehead atoms. The Bertz CT molecular complexity index is 1400. The Morgan fingerprint density at radius 2 is 1.71 bits per heavy atom. The maximum Gasteiger partial charge on any atom is 0.279 e. The molecule has 11 heteroatoms. The third-order valence-corrected chi connectivity index (χ3v) is 8.54. The van der Waals surface area contributed by atoms with Gasteiger partial charge in [-0.3, -0.25) is 4.79 Å². The average Bonchev–Trinajstić information content (AvgIpc) is 3.07. The molecule has 0 atom stereocenters. The lowest BCUT2D eigenvalue weighted by molar-refractivity contribution is 0.0997. The van der Waals surface area contributed by atoms with Gasteiger partial charge in [0.05, 0.1) is 32.4 Å². The number of fused-ring (bicyclic) bond motifs is 1. The molecule has 0 saturated carbocycles. The lowest BCUT2D eigenvalue weighted by Gasteiger charge is -2.05. The summed E-state index contributed by atoms with van der Waals surface area (Å²) in [5.41, 5.74) is 0.994. The zero-order valence-electron chi connectivity index (χ0n) is 17.2. The summed E-state index contributed by atoms with van der Waals surface area (Å²) in [6.45, 7) is 2.36. The maximum absolute atomic E-state index is 12.7. The number of ether oxygens (including phenoxy) is 1. The number of benzene rings is 2. The minimum atomic E-state index is -3.37. The van der Waals surface area contributed by atoms with Crippen molar-refractivity contribution in [2.45, 2.75) is 23.3 Å². The van der Waals surface area contributed by atoms with Gasteiger partial charge in [-0.1, -0.05) is 18.3 Å². The normalized spacial score (nSPS) is 13.1. The second-order valence-electron chi connectivity index (χ2n) is 6.78. The Morgan fingerprint density at radius 3 is 2.29 bits per heavy atom. The summed E-state index contributed by atoms with van der Waals surface area (Å²) in [4.78, 5) is 17.7. The molecule has 0 fully saturated rings. The molecule has 0 radical (unpaired) electrons. The minimum Gasteiger partial charge on any atom is -0.383 e. The topological polar surface area (TPSA) is 112 Å². The number of amides is 1. The Balaban J connectivity index is 2.08. The molecule has 0 aliphatic rings. The highest BCUT2D eigenvalue weighted by molar-refractivity contribution is 7.91. The van der Waals surface area contributed by atoms with Crippen molar-refractivity contribution in [2.75, 3.05) is 25.7 Å². The number of rotatable bonds is 7. The van der Waals surface area contributed by atoms with E-state index in [0.717, 1.165) is 11.8 Å². The summed E-state index contributed by atoms with van der Waals surface area (Å²) in [5.74, 6) is -0.553. The number of aromatic nitrogens is 1. The quantitative estimate of drug-likeness (QED) is 0.511. The molecule has 166 valence electrons. The highest BCUT2D eigenvalue weighted by Crippen LogP contribution is 2.22. The minimum absolute atomic E-state index is 0.0264. The fraction of sp³-hybridized carbons (Fsp3) is 0.300. The molecule has 3 aromatic rings. The van der Waals surface area contributed by atoms with Crippen molar-refractivity contribution in [3.05, 3.63) is 52.8 Å². The number of carbonyl (C=O) groups is 1.